The van der Waals surface area contributed by atoms with E-state index in [0.717, 1.165) is 5.56 Å². The van der Waals surface area contributed by atoms with E-state index in [1.165, 1.54) is 0 Å². The van der Waals surface area contributed by atoms with Gasteiger partial charge in [0.05, 0.1) is 12.3 Å². The van der Waals surface area contributed by atoms with Crippen molar-refractivity contribution in [1.29, 1.82) is 0 Å². The Kier molecular flexibility index (Phi) is 8.02. The summed E-state index contributed by atoms with van der Waals surface area (Å²) in [5.41, 5.74) is 0.803. The second-order valence-corrected chi connectivity index (χ2v) is 6.24. The molecule has 0 aliphatic rings. The zero-order valence-electron chi connectivity index (χ0n) is 15.7. The fourth-order valence-corrected chi connectivity index (χ4v) is 2.47. The first-order valence-electron chi connectivity index (χ1n) is 9.05. The van der Waals surface area contributed by atoms with E-state index < -0.39 is 11.9 Å². The van der Waals surface area contributed by atoms with Crippen LogP contribution in [-0.4, -0.2) is 36.0 Å². The highest BCUT2D eigenvalue weighted by molar-refractivity contribution is 5.84. The minimum Gasteiger partial charge on any atom is -0.481 e. The van der Waals surface area contributed by atoms with Gasteiger partial charge in [0.2, 0.25) is 11.8 Å². The van der Waals surface area contributed by atoms with E-state index in [9.17, 15) is 14.4 Å². The van der Waals surface area contributed by atoms with Crippen LogP contribution in [0.4, 0.5) is 0 Å². The molecule has 0 saturated heterocycles. The first-order valence-corrected chi connectivity index (χ1v) is 9.05. The van der Waals surface area contributed by atoms with Crippen LogP contribution in [0.1, 0.15) is 31.2 Å². The maximum absolute atomic E-state index is 12.3. The molecule has 7 nitrogen and oxygen atoms in total. The van der Waals surface area contributed by atoms with E-state index in [1.54, 1.807) is 6.92 Å². The topological polar surface area (TPSA) is 105 Å². The van der Waals surface area contributed by atoms with E-state index in [1.807, 2.05) is 54.6 Å². The van der Waals surface area contributed by atoms with Crippen molar-refractivity contribution in [1.82, 2.24) is 10.6 Å². The van der Waals surface area contributed by atoms with Crippen molar-refractivity contribution >= 4 is 17.8 Å². The van der Waals surface area contributed by atoms with Gasteiger partial charge in [-0.15, -0.1) is 0 Å². The zero-order valence-corrected chi connectivity index (χ0v) is 15.7. The molecule has 2 amide bonds. The highest BCUT2D eigenvalue weighted by Gasteiger charge is 2.16. The number of amides is 2. The Hall–Kier alpha value is -3.35. The van der Waals surface area contributed by atoms with Gasteiger partial charge in [-0.3, -0.25) is 14.4 Å². The Labute approximate surface area is 163 Å². The number of aliphatic carboxylic acids is 1. The minimum absolute atomic E-state index is 0.0761. The molecule has 3 N–H and O–H groups in total. The predicted molar refractivity (Wildman–Crippen MR) is 104 cm³/mol. The number of carboxylic acid groups (broad SMARTS) is 1. The molecule has 7 heteroatoms. The lowest BCUT2D eigenvalue weighted by Crippen LogP contribution is -2.33. The number of carbonyl (C=O) groups excluding carboxylic acids is 2. The number of benzene rings is 2. The number of nitrogens with one attached hydrogen (secondary N) is 2. The maximum atomic E-state index is 12.3. The number of carboxylic acids is 1. The number of rotatable bonds is 10. The number of ether oxygens (including phenoxy) is 1. The molecule has 0 fully saturated rings. The molecule has 2 aromatic carbocycles. The van der Waals surface area contributed by atoms with Crippen LogP contribution in [0, 0.1) is 0 Å². The van der Waals surface area contributed by atoms with E-state index in [0.29, 0.717) is 11.5 Å². The largest absolute Gasteiger partial charge is 0.481 e. The summed E-state index contributed by atoms with van der Waals surface area (Å²) in [7, 11) is 0. The third-order valence-corrected chi connectivity index (χ3v) is 4.04. The van der Waals surface area contributed by atoms with Crippen molar-refractivity contribution in [3.8, 4) is 11.5 Å². The Bertz CT molecular complexity index is 807. The third kappa shape index (κ3) is 7.11. The van der Waals surface area contributed by atoms with Gasteiger partial charge < -0.3 is 20.5 Å². The van der Waals surface area contributed by atoms with E-state index in [-0.39, 0.29) is 37.7 Å². The van der Waals surface area contributed by atoms with Gasteiger partial charge in [0.1, 0.15) is 11.5 Å². The monoisotopic (exact) mass is 384 g/mol. The van der Waals surface area contributed by atoms with Crippen LogP contribution in [0.3, 0.4) is 0 Å². The van der Waals surface area contributed by atoms with Gasteiger partial charge in [0, 0.05) is 19.5 Å². The molecule has 148 valence electrons. The first kappa shape index (κ1) is 21.0. The lowest BCUT2D eigenvalue weighted by molar-refractivity contribution is -0.137. The molecular weight excluding hydrogens is 360 g/mol. The summed E-state index contributed by atoms with van der Waals surface area (Å²) in [5, 5.41) is 13.7. The highest BCUT2D eigenvalue weighted by atomic mass is 16.5. The second-order valence-electron chi connectivity index (χ2n) is 6.24. The summed E-state index contributed by atoms with van der Waals surface area (Å²) in [5.74, 6) is -0.523. The van der Waals surface area contributed by atoms with E-state index in [2.05, 4.69) is 10.6 Å². The van der Waals surface area contributed by atoms with Crippen LogP contribution >= 0.6 is 0 Å². The van der Waals surface area contributed by atoms with Crippen molar-refractivity contribution in [2.24, 2.45) is 0 Å². The molecule has 2 rings (SSSR count). The number of hydrogen-bond donors (Lipinski definition) is 3. The lowest BCUT2D eigenvalue weighted by atomic mass is 10.00. The predicted octanol–water partition coefficient (Wildman–Crippen LogP) is 2.68. The SMILES string of the molecule is CC(C(=O)NCCC(=O)NCCC(=O)O)c1cccc(Oc2ccccc2)c1. The van der Waals surface area contributed by atoms with E-state index in [4.69, 9.17) is 9.84 Å². The lowest BCUT2D eigenvalue weighted by Gasteiger charge is -2.14. The second kappa shape index (κ2) is 10.7. The molecule has 0 radical (unpaired) electrons. The van der Waals surface area contributed by atoms with E-state index >= 15 is 0 Å². The van der Waals surface area contributed by atoms with Crippen molar-refractivity contribution < 1.29 is 24.2 Å². The molecule has 0 heterocycles. The summed E-state index contributed by atoms with van der Waals surface area (Å²) in [6.07, 6.45) is -0.0359. The molecule has 0 aromatic heterocycles. The Morgan fingerprint density at radius 3 is 2.32 bits per heavy atom. The summed E-state index contributed by atoms with van der Waals surface area (Å²) < 4.78 is 5.79. The molecule has 0 spiro atoms. The Morgan fingerprint density at radius 2 is 1.61 bits per heavy atom. The van der Waals surface area contributed by atoms with Crippen molar-refractivity contribution in [2.45, 2.75) is 25.7 Å². The quantitative estimate of drug-likeness (QED) is 0.584. The van der Waals surface area contributed by atoms with Gasteiger partial charge in [-0.1, -0.05) is 30.3 Å². The van der Waals surface area contributed by atoms with Crippen LogP contribution in [0.5, 0.6) is 11.5 Å². The van der Waals surface area contributed by atoms with Crippen molar-refractivity contribution in [2.75, 3.05) is 13.1 Å². The standard InChI is InChI=1S/C21H24N2O5/c1-15(21(27)23-12-10-19(24)22-13-11-20(25)26)16-6-5-9-18(14-16)28-17-7-3-2-4-8-17/h2-9,14-15H,10-13H2,1H3,(H,22,24)(H,23,27)(H,25,26). The summed E-state index contributed by atoms with van der Waals surface area (Å²) >= 11 is 0. The smallest absolute Gasteiger partial charge is 0.305 e. The van der Waals surface area contributed by atoms with Gasteiger partial charge in [-0.2, -0.15) is 0 Å². The summed E-state index contributed by atoms with van der Waals surface area (Å²) in [6, 6.07) is 16.7. The van der Waals surface area contributed by atoms with Crippen LogP contribution < -0.4 is 15.4 Å². The summed E-state index contributed by atoms with van der Waals surface area (Å²) in [4.78, 5) is 34.3. The van der Waals surface area contributed by atoms with Gasteiger partial charge >= 0.3 is 5.97 Å². The van der Waals surface area contributed by atoms with Gasteiger partial charge in [0.15, 0.2) is 0 Å². The third-order valence-electron chi connectivity index (χ3n) is 4.04. The molecule has 0 saturated carbocycles. The first-order chi connectivity index (χ1) is 13.5. The molecule has 2 aromatic rings. The van der Waals surface area contributed by atoms with Gasteiger partial charge in [-0.05, 0) is 36.8 Å². The molecule has 0 bridgehead atoms. The van der Waals surface area contributed by atoms with Crippen molar-refractivity contribution in [3.05, 3.63) is 60.2 Å². The minimum atomic E-state index is -0.971. The molecule has 0 aliphatic heterocycles. The average molecular weight is 384 g/mol. The van der Waals surface area contributed by atoms with Crippen LogP contribution in [0.2, 0.25) is 0 Å². The maximum Gasteiger partial charge on any atom is 0.305 e. The molecule has 28 heavy (non-hydrogen) atoms. The number of carbonyl (C=O) groups is 3. The number of para-hydroxylation sites is 1. The van der Waals surface area contributed by atoms with Crippen LogP contribution in [0.25, 0.3) is 0 Å². The van der Waals surface area contributed by atoms with Gasteiger partial charge in [0.25, 0.3) is 0 Å². The van der Waals surface area contributed by atoms with Crippen molar-refractivity contribution in [3.63, 3.8) is 0 Å². The number of hydrogen-bond acceptors (Lipinski definition) is 4. The average Bonchev–Trinajstić information content (AvgIpc) is 2.68. The molecule has 1 atom stereocenters. The molecule has 1 unspecified atom stereocenters. The fraction of sp³-hybridized carbons (Fsp3) is 0.286. The highest BCUT2D eigenvalue weighted by Crippen LogP contribution is 2.25. The van der Waals surface area contributed by atoms with Crippen LogP contribution in [-0.2, 0) is 14.4 Å². The zero-order chi connectivity index (χ0) is 20.4. The summed E-state index contributed by atoms with van der Waals surface area (Å²) in [6.45, 7) is 2.04. The Balaban J connectivity index is 1.81. The molecular formula is C21H24N2O5. The Morgan fingerprint density at radius 1 is 0.929 bits per heavy atom. The fourth-order valence-electron chi connectivity index (χ4n) is 2.47. The van der Waals surface area contributed by atoms with Crippen LogP contribution in [0.15, 0.2) is 54.6 Å². The molecule has 0 aliphatic carbocycles. The normalized spacial score (nSPS) is 11.3. The van der Waals surface area contributed by atoms with Gasteiger partial charge in [-0.25, -0.2) is 0 Å².